The van der Waals surface area contributed by atoms with Crippen LogP contribution in [0.4, 0.5) is 4.39 Å². The van der Waals surface area contributed by atoms with Crippen LogP contribution < -0.4 is 14.8 Å². The van der Waals surface area contributed by atoms with Gasteiger partial charge in [-0.1, -0.05) is 18.2 Å². The van der Waals surface area contributed by atoms with E-state index in [0.717, 1.165) is 0 Å². The van der Waals surface area contributed by atoms with Crippen molar-refractivity contribution >= 4 is 11.8 Å². The Morgan fingerprint density at radius 3 is 2.69 bits per heavy atom. The number of nitrogens with one attached hydrogen (secondary N) is 1. The maximum atomic E-state index is 13.6. The maximum Gasteiger partial charge on any atom is 0.254 e. The van der Waals surface area contributed by atoms with Crippen LogP contribution in [0, 0.1) is 11.7 Å². The van der Waals surface area contributed by atoms with Crippen molar-refractivity contribution < 1.29 is 23.5 Å². The van der Waals surface area contributed by atoms with Crippen LogP contribution in [0.15, 0.2) is 42.5 Å². The highest BCUT2D eigenvalue weighted by Crippen LogP contribution is 2.33. The van der Waals surface area contributed by atoms with Gasteiger partial charge in [-0.15, -0.1) is 0 Å². The first-order valence-corrected chi connectivity index (χ1v) is 8.32. The molecule has 0 saturated carbocycles. The number of benzene rings is 2. The van der Waals surface area contributed by atoms with Crippen LogP contribution in [-0.4, -0.2) is 36.6 Å². The highest BCUT2D eigenvalue weighted by Gasteiger charge is 2.36. The summed E-state index contributed by atoms with van der Waals surface area (Å²) in [4.78, 5) is 26.2. The quantitative estimate of drug-likeness (QED) is 0.909. The SMILES string of the molecule is O=C(NCc1ccccc1F)C1CN(C(=O)c2ccc3c(c2)OCO3)C1. The summed E-state index contributed by atoms with van der Waals surface area (Å²) in [5.74, 6) is 0.219. The van der Waals surface area contributed by atoms with Gasteiger partial charge in [0, 0.05) is 30.8 Å². The van der Waals surface area contributed by atoms with E-state index in [1.807, 2.05) is 0 Å². The van der Waals surface area contributed by atoms with Gasteiger partial charge in [0.05, 0.1) is 5.92 Å². The average molecular weight is 356 g/mol. The zero-order valence-electron chi connectivity index (χ0n) is 13.9. The summed E-state index contributed by atoms with van der Waals surface area (Å²) in [5, 5.41) is 2.72. The van der Waals surface area contributed by atoms with Crippen molar-refractivity contribution in [2.45, 2.75) is 6.54 Å². The topological polar surface area (TPSA) is 67.9 Å². The van der Waals surface area contributed by atoms with Crippen molar-refractivity contribution in [3.63, 3.8) is 0 Å². The molecule has 0 atom stereocenters. The number of carbonyl (C=O) groups excluding carboxylic acids is 2. The molecule has 2 heterocycles. The molecule has 2 aliphatic rings. The zero-order chi connectivity index (χ0) is 18.1. The van der Waals surface area contributed by atoms with Gasteiger partial charge < -0.3 is 19.7 Å². The first-order valence-electron chi connectivity index (χ1n) is 8.32. The van der Waals surface area contributed by atoms with Gasteiger partial charge in [-0.2, -0.15) is 0 Å². The molecule has 6 nitrogen and oxygen atoms in total. The molecule has 1 N–H and O–H groups in total. The highest BCUT2D eigenvalue weighted by atomic mass is 19.1. The Kier molecular flexibility index (Phi) is 4.20. The van der Waals surface area contributed by atoms with E-state index < -0.39 is 0 Å². The number of nitrogens with zero attached hydrogens (tertiary/aromatic N) is 1. The van der Waals surface area contributed by atoms with Crippen molar-refractivity contribution in [2.75, 3.05) is 19.9 Å². The van der Waals surface area contributed by atoms with Crippen molar-refractivity contribution in [1.82, 2.24) is 10.2 Å². The summed E-state index contributed by atoms with van der Waals surface area (Å²) >= 11 is 0. The number of hydrogen-bond acceptors (Lipinski definition) is 4. The average Bonchev–Trinajstić information content (AvgIpc) is 3.07. The molecule has 0 radical (unpaired) electrons. The molecular weight excluding hydrogens is 339 g/mol. The molecule has 2 amide bonds. The van der Waals surface area contributed by atoms with E-state index in [2.05, 4.69) is 5.32 Å². The first-order chi connectivity index (χ1) is 12.6. The molecule has 134 valence electrons. The van der Waals surface area contributed by atoms with Crippen molar-refractivity contribution in [1.29, 1.82) is 0 Å². The lowest BCUT2D eigenvalue weighted by atomic mass is 9.97. The summed E-state index contributed by atoms with van der Waals surface area (Å²) in [6, 6.07) is 11.3. The Hall–Kier alpha value is -3.09. The van der Waals surface area contributed by atoms with E-state index in [4.69, 9.17) is 9.47 Å². The van der Waals surface area contributed by atoms with Crippen molar-refractivity contribution in [2.24, 2.45) is 5.92 Å². The predicted molar refractivity (Wildman–Crippen MR) is 90.2 cm³/mol. The minimum absolute atomic E-state index is 0.137. The van der Waals surface area contributed by atoms with E-state index in [1.54, 1.807) is 41.3 Å². The molecule has 7 heteroatoms. The zero-order valence-corrected chi connectivity index (χ0v) is 13.9. The molecule has 0 aliphatic carbocycles. The van der Waals surface area contributed by atoms with Gasteiger partial charge in [0.25, 0.3) is 5.91 Å². The van der Waals surface area contributed by atoms with Gasteiger partial charge >= 0.3 is 0 Å². The number of ether oxygens (including phenoxy) is 2. The van der Waals surface area contributed by atoms with Gasteiger partial charge in [-0.25, -0.2) is 4.39 Å². The summed E-state index contributed by atoms with van der Waals surface area (Å²) in [7, 11) is 0. The van der Waals surface area contributed by atoms with Crippen LogP contribution in [0.5, 0.6) is 11.5 Å². The number of halogens is 1. The number of rotatable bonds is 4. The van der Waals surface area contributed by atoms with Crippen LogP contribution in [0.25, 0.3) is 0 Å². The van der Waals surface area contributed by atoms with Crippen LogP contribution in [0.2, 0.25) is 0 Å². The van der Waals surface area contributed by atoms with Crippen LogP contribution in [0.1, 0.15) is 15.9 Å². The van der Waals surface area contributed by atoms with Crippen LogP contribution in [0.3, 0.4) is 0 Å². The fraction of sp³-hybridized carbons (Fsp3) is 0.263. The number of amides is 2. The first kappa shape index (κ1) is 16.4. The molecule has 0 spiro atoms. The molecule has 1 fully saturated rings. The fourth-order valence-electron chi connectivity index (χ4n) is 2.99. The second kappa shape index (κ2) is 6.67. The van der Waals surface area contributed by atoms with Crippen molar-refractivity contribution in [3.8, 4) is 11.5 Å². The standard InChI is InChI=1S/C19H17FN2O4/c20-15-4-2-1-3-13(15)8-21-18(23)14-9-22(10-14)19(24)12-5-6-16-17(7-12)26-11-25-16/h1-7,14H,8-11H2,(H,21,23). The predicted octanol–water partition coefficient (Wildman–Crippen LogP) is 1.94. The lowest BCUT2D eigenvalue weighted by Crippen LogP contribution is -2.55. The molecule has 0 aromatic heterocycles. The maximum absolute atomic E-state index is 13.6. The molecule has 0 bridgehead atoms. The molecular formula is C19H17FN2O4. The molecule has 2 aromatic rings. The Morgan fingerprint density at radius 1 is 1.12 bits per heavy atom. The summed E-state index contributed by atoms with van der Waals surface area (Å²) in [6.07, 6.45) is 0. The molecule has 1 saturated heterocycles. The smallest absolute Gasteiger partial charge is 0.254 e. The van der Waals surface area contributed by atoms with E-state index in [9.17, 15) is 14.0 Å². The summed E-state index contributed by atoms with van der Waals surface area (Å²) < 4.78 is 24.1. The van der Waals surface area contributed by atoms with Gasteiger partial charge in [0.2, 0.25) is 12.7 Å². The summed E-state index contributed by atoms with van der Waals surface area (Å²) in [5.41, 5.74) is 0.938. The van der Waals surface area contributed by atoms with Gasteiger partial charge in [0.1, 0.15) is 5.82 Å². The molecule has 4 rings (SSSR count). The lowest BCUT2D eigenvalue weighted by Gasteiger charge is -2.38. The van der Waals surface area contributed by atoms with Crippen LogP contribution in [-0.2, 0) is 11.3 Å². The third kappa shape index (κ3) is 3.08. The number of likely N-dealkylation sites (tertiary alicyclic amines) is 1. The molecule has 26 heavy (non-hydrogen) atoms. The van der Waals surface area contributed by atoms with E-state index in [-0.39, 0.29) is 36.9 Å². The Morgan fingerprint density at radius 2 is 1.88 bits per heavy atom. The fourth-order valence-corrected chi connectivity index (χ4v) is 2.99. The summed E-state index contributed by atoms with van der Waals surface area (Å²) in [6.45, 7) is 0.978. The van der Waals surface area contributed by atoms with Gasteiger partial charge in [-0.3, -0.25) is 9.59 Å². The molecule has 2 aliphatic heterocycles. The van der Waals surface area contributed by atoms with Crippen molar-refractivity contribution in [3.05, 3.63) is 59.4 Å². The van der Waals surface area contributed by atoms with Crippen LogP contribution >= 0.6 is 0 Å². The lowest BCUT2D eigenvalue weighted by molar-refractivity contribution is -0.129. The number of fused-ring (bicyclic) bond motifs is 1. The molecule has 2 aromatic carbocycles. The Bertz CT molecular complexity index is 864. The second-order valence-corrected chi connectivity index (χ2v) is 6.28. The largest absolute Gasteiger partial charge is 0.454 e. The van der Waals surface area contributed by atoms with E-state index >= 15 is 0 Å². The Labute approximate surface area is 149 Å². The Balaban J connectivity index is 1.30. The van der Waals surface area contributed by atoms with Gasteiger partial charge in [0.15, 0.2) is 11.5 Å². The van der Waals surface area contributed by atoms with E-state index in [0.29, 0.717) is 35.7 Å². The second-order valence-electron chi connectivity index (χ2n) is 6.28. The third-order valence-corrected chi connectivity index (χ3v) is 4.57. The van der Waals surface area contributed by atoms with E-state index in [1.165, 1.54) is 6.07 Å². The van der Waals surface area contributed by atoms with Gasteiger partial charge in [-0.05, 0) is 24.3 Å². The third-order valence-electron chi connectivity index (χ3n) is 4.57. The number of hydrogen-bond donors (Lipinski definition) is 1. The minimum Gasteiger partial charge on any atom is -0.454 e. The monoisotopic (exact) mass is 356 g/mol. The highest BCUT2D eigenvalue weighted by molar-refractivity contribution is 5.96. The minimum atomic E-state index is -0.346. The number of carbonyl (C=O) groups is 2. The molecule has 0 unspecified atom stereocenters. The normalized spacial score (nSPS) is 15.5.